The van der Waals surface area contributed by atoms with Crippen LogP contribution in [0.25, 0.3) is 0 Å². The molecule has 7 nitrogen and oxygen atoms in total. The van der Waals surface area contributed by atoms with Gasteiger partial charge in [-0.25, -0.2) is 0 Å². The highest BCUT2D eigenvalue weighted by molar-refractivity contribution is 6.31. The predicted molar refractivity (Wildman–Crippen MR) is 109 cm³/mol. The molecule has 0 aromatic heterocycles. The van der Waals surface area contributed by atoms with Gasteiger partial charge in [0.15, 0.2) is 6.61 Å². The smallest absolute Gasteiger partial charge is 0.326 e. The summed E-state index contributed by atoms with van der Waals surface area (Å²) in [5.41, 5.74) is 0.918. The molecule has 160 valence electrons. The van der Waals surface area contributed by atoms with Gasteiger partial charge in [0.1, 0.15) is 6.54 Å². The Morgan fingerprint density at radius 1 is 1.10 bits per heavy atom. The molecule has 3 amide bonds. The predicted octanol–water partition coefficient (Wildman–Crippen LogP) is 1.87. The number of likely N-dealkylation sites (tertiary alicyclic amines) is 1. The number of benzene rings is 1. The average molecular weight is 453 g/mol. The first kappa shape index (κ1) is 21.1. The number of carbonyl (C=O) groups excluding carboxylic acids is 4. The highest BCUT2D eigenvalue weighted by Gasteiger charge is 2.66. The summed E-state index contributed by atoms with van der Waals surface area (Å²) in [4.78, 5) is 50.6. The SMILES string of the molecule is C[C@H](NC(=O)COC(=O)CN1C(=O)[C@@H]2[C@H]3C[C@@H]([C@@H](Cl)[C@H]3Cl)[C@H]2C1=O)c1ccccc1. The number of hydrogen-bond donors (Lipinski definition) is 1. The van der Waals surface area contributed by atoms with Gasteiger partial charge in [0.05, 0.1) is 28.6 Å². The molecule has 3 fully saturated rings. The molecule has 1 N–H and O–H groups in total. The fourth-order valence-corrected chi connectivity index (χ4v) is 5.89. The molecule has 2 bridgehead atoms. The lowest BCUT2D eigenvalue weighted by Crippen LogP contribution is -2.39. The molecule has 0 spiro atoms. The molecule has 1 heterocycles. The van der Waals surface area contributed by atoms with Crippen molar-refractivity contribution in [1.82, 2.24) is 10.2 Å². The zero-order chi connectivity index (χ0) is 21.6. The summed E-state index contributed by atoms with van der Waals surface area (Å²) >= 11 is 12.6. The minimum absolute atomic E-state index is 0.146. The van der Waals surface area contributed by atoms with Crippen LogP contribution < -0.4 is 5.32 Å². The first-order chi connectivity index (χ1) is 14.3. The van der Waals surface area contributed by atoms with Crippen molar-refractivity contribution in [2.24, 2.45) is 23.7 Å². The van der Waals surface area contributed by atoms with Gasteiger partial charge in [-0.1, -0.05) is 30.3 Å². The van der Waals surface area contributed by atoms with Crippen molar-refractivity contribution in [3.05, 3.63) is 35.9 Å². The minimum atomic E-state index is -0.809. The van der Waals surface area contributed by atoms with Crippen molar-refractivity contribution in [3.8, 4) is 0 Å². The van der Waals surface area contributed by atoms with Crippen LogP contribution in [0.3, 0.4) is 0 Å². The number of nitrogens with one attached hydrogen (secondary N) is 1. The second-order valence-electron chi connectivity index (χ2n) is 8.13. The van der Waals surface area contributed by atoms with Gasteiger partial charge in [-0.3, -0.25) is 24.1 Å². The van der Waals surface area contributed by atoms with Crippen molar-refractivity contribution in [1.29, 1.82) is 0 Å². The highest BCUT2D eigenvalue weighted by Crippen LogP contribution is 2.59. The topological polar surface area (TPSA) is 92.8 Å². The molecule has 1 aromatic rings. The number of ether oxygens (including phenoxy) is 1. The number of alkyl halides is 2. The summed E-state index contributed by atoms with van der Waals surface area (Å²) in [5.74, 6) is -3.39. The van der Waals surface area contributed by atoms with E-state index >= 15 is 0 Å². The van der Waals surface area contributed by atoms with Crippen molar-refractivity contribution in [3.63, 3.8) is 0 Å². The van der Waals surface area contributed by atoms with Crippen LogP contribution in [0.2, 0.25) is 0 Å². The average Bonchev–Trinajstić information content (AvgIpc) is 3.34. The minimum Gasteiger partial charge on any atom is -0.454 e. The molecule has 30 heavy (non-hydrogen) atoms. The first-order valence-electron chi connectivity index (χ1n) is 9.93. The van der Waals surface area contributed by atoms with Crippen LogP contribution in [0.1, 0.15) is 24.9 Å². The largest absolute Gasteiger partial charge is 0.454 e. The first-order valence-corrected chi connectivity index (χ1v) is 10.8. The molecule has 0 unspecified atom stereocenters. The van der Waals surface area contributed by atoms with Crippen molar-refractivity contribution < 1.29 is 23.9 Å². The molecule has 0 radical (unpaired) electrons. The van der Waals surface area contributed by atoms with Crippen LogP contribution in [0.15, 0.2) is 30.3 Å². The van der Waals surface area contributed by atoms with Gasteiger partial charge in [0.25, 0.3) is 5.91 Å². The van der Waals surface area contributed by atoms with Crippen LogP contribution in [-0.4, -0.2) is 52.5 Å². The molecule has 3 aliphatic rings. The van der Waals surface area contributed by atoms with Gasteiger partial charge < -0.3 is 10.1 Å². The number of amides is 3. The lowest BCUT2D eigenvalue weighted by atomic mass is 9.80. The molecule has 2 aliphatic carbocycles. The number of fused-ring (bicyclic) bond motifs is 5. The Morgan fingerprint density at radius 3 is 2.23 bits per heavy atom. The van der Waals surface area contributed by atoms with E-state index in [-0.39, 0.29) is 28.6 Å². The molecule has 9 heteroatoms. The molecule has 1 aliphatic heterocycles. The number of hydrogen-bond acceptors (Lipinski definition) is 5. The van der Waals surface area contributed by atoms with Gasteiger partial charge in [0, 0.05) is 0 Å². The second-order valence-corrected chi connectivity index (χ2v) is 9.13. The maximum atomic E-state index is 12.7. The van der Waals surface area contributed by atoms with Crippen LogP contribution in [0, 0.1) is 23.7 Å². The van der Waals surface area contributed by atoms with E-state index in [1.807, 2.05) is 37.3 Å². The number of carbonyl (C=O) groups is 4. The molecule has 1 saturated heterocycles. The Morgan fingerprint density at radius 2 is 1.67 bits per heavy atom. The van der Waals surface area contributed by atoms with Crippen molar-refractivity contribution >= 4 is 46.9 Å². The van der Waals surface area contributed by atoms with Crippen LogP contribution in [0.5, 0.6) is 0 Å². The van der Waals surface area contributed by atoms with E-state index in [0.29, 0.717) is 6.42 Å². The molecule has 7 atom stereocenters. The highest BCUT2D eigenvalue weighted by atomic mass is 35.5. The summed E-state index contributed by atoms with van der Waals surface area (Å²) in [6.07, 6.45) is 0.660. The summed E-state index contributed by atoms with van der Waals surface area (Å²) in [6, 6.07) is 9.11. The van der Waals surface area contributed by atoms with Gasteiger partial charge in [-0.2, -0.15) is 0 Å². The van der Waals surface area contributed by atoms with Gasteiger partial charge in [-0.15, -0.1) is 23.2 Å². The maximum absolute atomic E-state index is 12.7. The Kier molecular flexibility index (Phi) is 5.77. The number of esters is 1. The van der Waals surface area contributed by atoms with Crippen LogP contribution >= 0.6 is 23.2 Å². The lowest BCUT2D eigenvalue weighted by molar-refractivity contribution is -0.155. The zero-order valence-electron chi connectivity index (χ0n) is 16.3. The Labute approximate surface area is 184 Å². The molecule has 4 rings (SSSR count). The maximum Gasteiger partial charge on any atom is 0.326 e. The third kappa shape index (κ3) is 3.58. The van der Waals surface area contributed by atoms with Crippen LogP contribution in [0.4, 0.5) is 0 Å². The van der Waals surface area contributed by atoms with Crippen LogP contribution in [-0.2, 0) is 23.9 Å². The third-order valence-electron chi connectivity index (χ3n) is 6.41. The Balaban J connectivity index is 1.29. The summed E-state index contributed by atoms with van der Waals surface area (Å²) in [7, 11) is 0. The second kappa shape index (κ2) is 8.19. The summed E-state index contributed by atoms with van der Waals surface area (Å²) in [6.45, 7) is 0.821. The van der Waals surface area contributed by atoms with Gasteiger partial charge in [-0.05, 0) is 30.7 Å². The van der Waals surface area contributed by atoms with E-state index in [1.54, 1.807) is 0 Å². The fourth-order valence-electron chi connectivity index (χ4n) is 5.00. The third-order valence-corrected chi connectivity index (χ3v) is 7.73. The van der Waals surface area contributed by atoms with E-state index in [0.717, 1.165) is 10.5 Å². The summed E-state index contributed by atoms with van der Waals surface area (Å²) < 4.78 is 4.98. The van der Waals surface area contributed by atoms with E-state index in [4.69, 9.17) is 27.9 Å². The lowest BCUT2D eigenvalue weighted by Gasteiger charge is -2.28. The molecular formula is C21H22Cl2N2O5. The molecule has 2 saturated carbocycles. The number of nitrogens with zero attached hydrogens (tertiary/aromatic N) is 1. The normalized spacial score (nSPS) is 32.8. The molecular weight excluding hydrogens is 431 g/mol. The monoisotopic (exact) mass is 452 g/mol. The van der Waals surface area contributed by atoms with E-state index in [1.165, 1.54) is 0 Å². The van der Waals surface area contributed by atoms with E-state index in [9.17, 15) is 19.2 Å². The standard InChI is InChI=1S/C21H22Cl2N2O5/c1-10(11-5-3-2-4-6-11)24-14(26)9-30-15(27)8-25-20(28)16-12-7-13(17(16)21(25)29)19(23)18(12)22/h2-6,10,12-13,16-19H,7-9H2,1H3,(H,24,26)/t10-,12+,13+,16+,17+,18-,19+/m0/s1. The number of imide groups is 1. The van der Waals surface area contributed by atoms with E-state index in [2.05, 4.69) is 5.32 Å². The van der Waals surface area contributed by atoms with Crippen molar-refractivity contribution in [2.45, 2.75) is 30.1 Å². The van der Waals surface area contributed by atoms with E-state index < -0.39 is 48.7 Å². The number of rotatable bonds is 6. The zero-order valence-corrected chi connectivity index (χ0v) is 17.8. The Bertz CT molecular complexity index is 847. The fraction of sp³-hybridized carbons (Fsp3) is 0.524. The van der Waals surface area contributed by atoms with Gasteiger partial charge >= 0.3 is 5.97 Å². The quantitative estimate of drug-likeness (QED) is 0.404. The summed E-state index contributed by atoms with van der Waals surface area (Å²) in [5, 5.41) is 2.03. The molecule has 1 aromatic carbocycles. The van der Waals surface area contributed by atoms with Gasteiger partial charge in [0.2, 0.25) is 11.8 Å². The number of halogens is 2. The Hall–Kier alpha value is -2.12. The van der Waals surface area contributed by atoms with Crippen molar-refractivity contribution in [2.75, 3.05) is 13.2 Å².